The quantitative estimate of drug-likeness (QED) is 0.144. The number of nitrogens with two attached hydrogens (primary N) is 1. The van der Waals surface area contributed by atoms with Crippen molar-refractivity contribution in [1.82, 2.24) is 26.2 Å². The number of amides is 6. The molecule has 2 heterocycles. The average Bonchev–Trinajstić information content (AvgIpc) is 3.27. The van der Waals surface area contributed by atoms with E-state index in [9.17, 15) is 38.7 Å². The molecule has 7 N–H and O–H groups in total. The maximum absolute atomic E-state index is 14.9. The summed E-state index contributed by atoms with van der Waals surface area (Å²) in [6.45, 7) is 1.95. The molecule has 4 aromatic rings. The maximum atomic E-state index is 14.9. The Morgan fingerprint density at radius 3 is 2.16 bits per heavy atom. The number of aliphatic carboxylic acids is 1. The van der Waals surface area contributed by atoms with Crippen LogP contribution in [0.4, 0.5) is 0 Å². The summed E-state index contributed by atoms with van der Waals surface area (Å²) in [7, 11) is 0. The molecule has 6 amide bonds. The number of carbonyl (C=O) groups excluding carboxylic acids is 6. The molecular weight excluding hydrogens is 801 g/mol. The standard InChI is InChI=1S/C49H52N6O8/c1-32(47(61)62)26-33-12-16-36(17-13-33)37-18-14-34(15-19-37)27-41-46(60)52-30-39-11-6-5-10-38(39)28-43(57)53-40(45(50)59)22-24-51-42(56)20-21-44(58)55-25-7-23-49(31-55,48(63)54-41)29-35-8-3-2-4-9-35/h2-6,8-21,26,40-41H,7,22-25,27-31H2,1H3,(H2,50,59)(H,51,56)(H,52,60)(H,53,57)(H,54,63)(H,61,62)/b21-20+,32-26+/t40-,41-,49-/m0/s1. The Hall–Kier alpha value is -7.35. The smallest absolute Gasteiger partial charge is 0.331 e. The van der Waals surface area contributed by atoms with Crippen LogP contribution in [0.15, 0.2) is 121 Å². The zero-order valence-electron chi connectivity index (χ0n) is 35.1. The highest BCUT2D eigenvalue weighted by molar-refractivity contribution is 5.97. The van der Waals surface area contributed by atoms with Gasteiger partial charge >= 0.3 is 5.97 Å². The van der Waals surface area contributed by atoms with Gasteiger partial charge < -0.3 is 37.0 Å². The van der Waals surface area contributed by atoms with Crippen molar-refractivity contribution in [2.24, 2.45) is 11.1 Å². The van der Waals surface area contributed by atoms with Gasteiger partial charge in [-0.05, 0) is 77.6 Å². The molecule has 0 spiro atoms. The second-order valence-corrected chi connectivity index (χ2v) is 16.1. The van der Waals surface area contributed by atoms with Crippen LogP contribution in [0, 0.1) is 5.41 Å². The number of primary amides is 1. The summed E-state index contributed by atoms with van der Waals surface area (Å²) in [6, 6.07) is 29.5. The Bertz CT molecular complexity index is 2400. The first kappa shape index (κ1) is 45.2. The molecule has 2 aliphatic rings. The van der Waals surface area contributed by atoms with Crippen LogP contribution in [0.25, 0.3) is 17.2 Å². The molecule has 0 unspecified atom stereocenters. The van der Waals surface area contributed by atoms with Crippen LogP contribution >= 0.6 is 0 Å². The number of nitrogens with one attached hydrogen (secondary N) is 4. The van der Waals surface area contributed by atoms with Gasteiger partial charge in [0.2, 0.25) is 35.4 Å². The number of carboxylic acid groups (broad SMARTS) is 1. The van der Waals surface area contributed by atoms with Crippen molar-refractivity contribution >= 4 is 47.5 Å². The van der Waals surface area contributed by atoms with Crippen molar-refractivity contribution in [3.63, 3.8) is 0 Å². The molecule has 63 heavy (non-hydrogen) atoms. The molecule has 4 aromatic carbocycles. The van der Waals surface area contributed by atoms with Crippen molar-refractivity contribution in [3.05, 3.63) is 149 Å². The van der Waals surface area contributed by atoms with Crippen LogP contribution in [0.5, 0.6) is 0 Å². The van der Waals surface area contributed by atoms with Gasteiger partial charge in [-0.15, -0.1) is 0 Å². The minimum atomic E-state index is -1.13. The van der Waals surface area contributed by atoms with Crippen LogP contribution in [0.3, 0.4) is 0 Å². The van der Waals surface area contributed by atoms with E-state index in [1.54, 1.807) is 35.2 Å². The van der Waals surface area contributed by atoms with E-state index < -0.39 is 58.9 Å². The van der Waals surface area contributed by atoms with Crippen molar-refractivity contribution in [3.8, 4) is 11.1 Å². The minimum absolute atomic E-state index is 0.00755. The van der Waals surface area contributed by atoms with Gasteiger partial charge in [0.15, 0.2) is 0 Å². The van der Waals surface area contributed by atoms with Crippen molar-refractivity contribution < 1.29 is 38.7 Å². The van der Waals surface area contributed by atoms with Gasteiger partial charge in [-0.1, -0.05) is 103 Å². The molecule has 0 saturated carbocycles. The summed E-state index contributed by atoms with van der Waals surface area (Å²) in [5, 5.41) is 20.6. The molecule has 1 fully saturated rings. The monoisotopic (exact) mass is 852 g/mol. The average molecular weight is 853 g/mol. The highest BCUT2D eigenvalue weighted by Gasteiger charge is 2.44. The lowest BCUT2D eigenvalue weighted by Crippen LogP contribution is -2.58. The number of rotatable bonds is 8. The van der Waals surface area contributed by atoms with E-state index in [0.717, 1.165) is 40.0 Å². The summed E-state index contributed by atoms with van der Waals surface area (Å²) < 4.78 is 0. The third-order valence-electron chi connectivity index (χ3n) is 11.4. The summed E-state index contributed by atoms with van der Waals surface area (Å²) in [5.41, 5.74) is 10.1. The number of nitrogens with zero attached hydrogens (tertiary/aromatic N) is 1. The van der Waals surface area contributed by atoms with Crippen LogP contribution in [0.1, 0.15) is 54.0 Å². The van der Waals surface area contributed by atoms with E-state index in [1.807, 2.05) is 78.9 Å². The van der Waals surface area contributed by atoms with Crippen molar-refractivity contribution in [1.29, 1.82) is 0 Å². The fourth-order valence-electron chi connectivity index (χ4n) is 7.95. The molecule has 1 saturated heterocycles. The van der Waals surface area contributed by atoms with E-state index in [2.05, 4.69) is 21.3 Å². The van der Waals surface area contributed by atoms with E-state index in [0.29, 0.717) is 30.5 Å². The van der Waals surface area contributed by atoms with Gasteiger partial charge in [-0.25, -0.2) is 4.79 Å². The summed E-state index contributed by atoms with van der Waals surface area (Å²) in [5.74, 6) is -4.16. The topological polar surface area (TPSA) is 217 Å². The van der Waals surface area contributed by atoms with Crippen LogP contribution in [-0.2, 0) is 59.4 Å². The normalized spacial score (nSPS) is 21.3. The molecule has 3 atom stereocenters. The second-order valence-electron chi connectivity index (χ2n) is 16.1. The minimum Gasteiger partial charge on any atom is -0.478 e. The summed E-state index contributed by atoms with van der Waals surface area (Å²) in [4.78, 5) is 93.9. The zero-order valence-corrected chi connectivity index (χ0v) is 35.1. The Kier molecular flexibility index (Phi) is 15.0. The van der Waals surface area contributed by atoms with Gasteiger partial charge in [-0.3, -0.25) is 28.8 Å². The van der Waals surface area contributed by atoms with Crippen LogP contribution in [0.2, 0.25) is 0 Å². The summed E-state index contributed by atoms with van der Waals surface area (Å²) in [6.07, 6.45) is 5.07. The molecule has 326 valence electrons. The van der Waals surface area contributed by atoms with Crippen molar-refractivity contribution in [2.45, 2.75) is 64.1 Å². The molecule has 6 rings (SSSR count). The van der Waals surface area contributed by atoms with Gasteiger partial charge in [0.05, 0.1) is 11.8 Å². The SMILES string of the molecule is C/C(=C\c1ccc(-c2ccc(C[C@@H]3NC(=O)[C@]4(Cc5ccccc5)CCCN(C4)C(=O)/C=C/C(=O)NCC[C@@H](C(N)=O)NC(=O)Cc4ccccc4CNC3=O)cc2)cc1)C(=O)O. The number of hydrogen-bond donors (Lipinski definition) is 6. The molecular formula is C49H52N6O8. The Morgan fingerprint density at radius 2 is 1.48 bits per heavy atom. The first-order valence-corrected chi connectivity index (χ1v) is 20.9. The number of benzene rings is 4. The number of hydrogen-bond acceptors (Lipinski definition) is 7. The highest BCUT2D eigenvalue weighted by Crippen LogP contribution is 2.35. The van der Waals surface area contributed by atoms with E-state index in [1.165, 1.54) is 6.92 Å². The van der Waals surface area contributed by atoms with Crippen LogP contribution in [-0.4, -0.2) is 83.1 Å². The predicted molar refractivity (Wildman–Crippen MR) is 237 cm³/mol. The lowest BCUT2D eigenvalue weighted by atomic mass is 9.74. The molecule has 0 aromatic heterocycles. The van der Waals surface area contributed by atoms with E-state index >= 15 is 0 Å². The summed E-state index contributed by atoms with van der Waals surface area (Å²) >= 11 is 0. The Morgan fingerprint density at radius 1 is 0.810 bits per heavy atom. The predicted octanol–water partition coefficient (Wildman–Crippen LogP) is 3.63. The second kappa shape index (κ2) is 21.0. The number of piperidine rings is 1. The molecule has 14 nitrogen and oxygen atoms in total. The molecule has 14 heteroatoms. The number of carboxylic acids is 1. The highest BCUT2D eigenvalue weighted by atomic mass is 16.4. The largest absolute Gasteiger partial charge is 0.478 e. The first-order valence-electron chi connectivity index (χ1n) is 20.9. The van der Waals surface area contributed by atoms with E-state index in [-0.39, 0.29) is 50.9 Å². The van der Waals surface area contributed by atoms with Gasteiger partial charge in [0, 0.05) is 50.3 Å². The van der Waals surface area contributed by atoms with Gasteiger partial charge in [0.25, 0.3) is 0 Å². The lowest BCUT2D eigenvalue weighted by Gasteiger charge is -2.42. The fourth-order valence-corrected chi connectivity index (χ4v) is 7.95. The maximum Gasteiger partial charge on any atom is 0.331 e. The fraction of sp³-hybridized carbons (Fsp3) is 0.286. The third kappa shape index (κ3) is 12.4. The zero-order chi connectivity index (χ0) is 44.9. The molecule has 2 bridgehead atoms. The number of fused-ring (bicyclic) bond motifs is 3. The first-order chi connectivity index (χ1) is 30.3. The number of carbonyl (C=O) groups is 7. The van der Waals surface area contributed by atoms with E-state index in [4.69, 9.17) is 5.73 Å². The molecule has 0 radical (unpaired) electrons. The Balaban J connectivity index is 1.32. The molecule has 2 aliphatic heterocycles. The molecule has 0 aliphatic carbocycles. The van der Waals surface area contributed by atoms with Gasteiger partial charge in [0.1, 0.15) is 12.1 Å². The third-order valence-corrected chi connectivity index (χ3v) is 11.4. The lowest BCUT2D eigenvalue weighted by molar-refractivity contribution is -0.141. The Labute approximate surface area is 366 Å². The van der Waals surface area contributed by atoms with Crippen molar-refractivity contribution in [2.75, 3.05) is 19.6 Å². The van der Waals surface area contributed by atoms with Crippen LogP contribution < -0.4 is 27.0 Å². The van der Waals surface area contributed by atoms with Gasteiger partial charge in [-0.2, -0.15) is 0 Å².